The molecular weight excluding hydrogens is 240 g/mol. The summed E-state index contributed by atoms with van der Waals surface area (Å²) < 4.78 is 17.6. The van der Waals surface area contributed by atoms with Crippen LogP contribution in [0, 0.1) is 0 Å². The summed E-state index contributed by atoms with van der Waals surface area (Å²) in [4.78, 5) is 0. The van der Waals surface area contributed by atoms with Gasteiger partial charge in [0.1, 0.15) is 0 Å². The fourth-order valence-electron chi connectivity index (χ4n) is 2.83. The van der Waals surface area contributed by atoms with Crippen molar-refractivity contribution in [3.8, 4) is 0 Å². The number of benzene rings is 1. The summed E-state index contributed by atoms with van der Waals surface area (Å²) in [7, 11) is 0. The number of hydrogen-bond donors (Lipinski definition) is 0. The summed E-state index contributed by atoms with van der Waals surface area (Å²) in [6, 6.07) is 10.4. The molecule has 0 aromatic heterocycles. The first-order chi connectivity index (χ1) is 8.96. The maximum atomic E-state index is 6.06. The highest BCUT2D eigenvalue weighted by molar-refractivity contribution is 5.18. The van der Waals surface area contributed by atoms with Crippen molar-refractivity contribution < 1.29 is 14.2 Å². The Bertz CT molecular complexity index is 435. The molecule has 0 bridgehead atoms. The lowest BCUT2D eigenvalue weighted by Gasteiger charge is -2.41. The highest BCUT2D eigenvalue weighted by Gasteiger charge is 2.45. The standard InChI is InChI=1S/C16H22O3/c1-15(2)18-13(10-16(3)11-17-16)9-14(19-15)12-7-5-4-6-8-12/h4-8,13-14H,9-11H2,1-3H3/t13-,14-,16?/m0/s1. The average Bonchev–Trinajstić information content (AvgIpc) is 3.05. The van der Waals surface area contributed by atoms with E-state index in [1.165, 1.54) is 5.56 Å². The molecule has 0 aliphatic carbocycles. The van der Waals surface area contributed by atoms with E-state index in [2.05, 4.69) is 31.2 Å². The molecule has 2 fully saturated rings. The molecule has 104 valence electrons. The van der Waals surface area contributed by atoms with Crippen LogP contribution >= 0.6 is 0 Å². The van der Waals surface area contributed by atoms with Gasteiger partial charge in [-0.15, -0.1) is 0 Å². The minimum Gasteiger partial charge on any atom is -0.370 e. The SMILES string of the molecule is CC1(C[C@@H]2C[C@@H](c3ccccc3)OC(C)(C)O2)CO1. The summed E-state index contributed by atoms with van der Waals surface area (Å²) >= 11 is 0. The molecule has 0 saturated carbocycles. The van der Waals surface area contributed by atoms with Gasteiger partial charge in [0.05, 0.1) is 24.4 Å². The molecule has 0 spiro atoms. The van der Waals surface area contributed by atoms with Crippen LogP contribution in [0.4, 0.5) is 0 Å². The average molecular weight is 262 g/mol. The van der Waals surface area contributed by atoms with Crippen molar-refractivity contribution in [3.05, 3.63) is 35.9 Å². The third-order valence-electron chi connectivity index (χ3n) is 3.82. The maximum absolute atomic E-state index is 6.06. The van der Waals surface area contributed by atoms with Crippen molar-refractivity contribution in [3.63, 3.8) is 0 Å². The molecule has 3 atom stereocenters. The normalized spacial score (nSPS) is 37.0. The van der Waals surface area contributed by atoms with E-state index < -0.39 is 5.79 Å². The Kier molecular flexibility index (Phi) is 3.16. The Morgan fingerprint density at radius 3 is 2.42 bits per heavy atom. The summed E-state index contributed by atoms with van der Waals surface area (Å²) in [5.41, 5.74) is 1.25. The molecule has 0 amide bonds. The maximum Gasteiger partial charge on any atom is 0.163 e. The largest absolute Gasteiger partial charge is 0.370 e. The van der Waals surface area contributed by atoms with E-state index in [0.717, 1.165) is 19.4 Å². The van der Waals surface area contributed by atoms with E-state index in [0.29, 0.717) is 0 Å². The van der Waals surface area contributed by atoms with Crippen molar-refractivity contribution in [1.29, 1.82) is 0 Å². The van der Waals surface area contributed by atoms with Crippen LogP contribution < -0.4 is 0 Å². The summed E-state index contributed by atoms with van der Waals surface area (Å²) in [6.45, 7) is 6.98. The first kappa shape index (κ1) is 13.1. The molecule has 3 rings (SSSR count). The highest BCUT2D eigenvalue weighted by Crippen LogP contribution is 2.41. The third kappa shape index (κ3) is 3.16. The number of epoxide rings is 1. The van der Waals surface area contributed by atoms with Gasteiger partial charge in [-0.1, -0.05) is 30.3 Å². The Balaban J connectivity index is 1.74. The quantitative estimate of drug-likeness (QED) is 0.782. The molecule has 0 radical (unpaired) electrons. The van der Waals surface area contributed by atoms with E-state index in [9.17, 15) is 0 Å². The molecule has 1 unspecified atom stereocenters. The van der Waals surface area contributed by atoms with Gasteiger partial charge in [0, 0.05) is 12.8 Å². The topological polar surface area (TPSA) is 31.0 Å². The zero-order valence-corrected chi connectivity index (χ0v) is 11.9. The minimum absolute atomic E-state index is 0.0271. The summed E-state index contributed by atoms with van der Waals surface area (Å²) in [5, 5.41) is 0. The molecule has 2 saturated heterocycles. The van der Waals surface area contributed by atoms with Crippen LogP contribution in [-0.4, -0.2) is 24.1 Å². The van der Waals surface area contributed by atoms with Gasteiger partial charge in [0.15, 0.2) is 5.79 Å². The van der Waals surface area contributed by atoms with Crippen LogP contribution in [0.25, 0.3) is 0 Å². The summed E-state index contributed by atoms with van der Waals surface area (Å²) in [6.07, 6.45) is 2.15. The molecule has 2 heterocycles. The van der Waals surface area contributed by atoms with Gasteiger partial charge in [-0.25, -0.2) is 0 Å². The van der Waals surface area contributed by atoms with Crippen LogP contribution in [0.1, 0.15) is 45.3 Å². The lowest BCUT2D eigenvalue weighted by atomic mass is 9.95. The lowest BCUT2D eigenvalue weighted by molar-refractivity contribution is -0.304. The molecule has 3 nitrogen and oxygen atoms in total. The van der Waals surface area contributed by atoms with Crippen LogP contribution in [0.5, 0.6) is 0 Å². The van der Waals surface area contributed by atoms with Crippen molar-refractivity contribution in [2.45, 2.75) is 57.2 Å². The second kappa shape index (κ2) is 4.58. The van der Waals surface area contributed by atoms with Crippen LogP contribution in [0.2, 0.25) is 0 Å². The smallest absolute Gasteiger partial charge is 0.163 e. The summed E-state index contributed by atoms with van der Waals surface area (Å²) in [5.74, 6) is -0.533. The fraction of sp³-hybridized carbons (Fsp3) is 0.625. The van der Waals surface area contributed by atoms with E-state index in [1.807, 2.05) is 19.9 Å². The van der Waals surface area contributed by atoms with E-state index in [-0.39, 0.29) is 17.8 Å². The van der Waals surface area contributed by atoms with Crippen molar-refractivity contribution in [2.24, 2.45) is 0 Å². The van der Waals surface area contributed by atoms with Crippen LogP contribution in [0.15, 0.2) is 30.3 Å². The van der Waals surface area contributed by atoms with E-state index >= 15 is 0 Å². The minimum atomic E-state index is -0.533. The third-order valence-corrected chi connectivity index (χ3v) is 3.82. The van der Waals surface area contributed by atoms with Gasteiger partial charge < -0.3 is 14.2 Å². The molecule has 2 aliphatic heterocycles. The van der Waals surface area contributed by atoms with Gasteiger partial charge in [-0.2, -0.15) is 0 Å². The Labute approximate surface area is 114 Å². The Morgan fingerprint density at radius 2 is 1.79 bits per heavy atom. The van der Waals surface area contributed by atoms with Crippen molar-refractivity contribution in [2.75, 3.05) is 6.61 Å². The monoisotopic (exact) mass is 262 g/mol. The first-order valence-corrected chi connectivity index (χ1v) is 7.00. The zero-order chi connectivity index (χ0) is 13.5. The molecule has 2 aliphatic rings. The Morgan fingerprint density at radius 1 is 1.11 bits per heavy atom. The number of hydrogen-bond acceptors (Lipinski definition) is 3. The van der Waals surface area contributed by atoms with Gasteiger partial charge in [-0.05, 0) is 26.3 Å². The molecule has 19 heavy (non-hydrogen) atoms. The molecular formula is C16H22O3. The lowest BCUT2D eigenvalue weighted by Crippen LogP contribution is -2.42. The zero-order valence-electron chi connectivity index (χ0n) is 11.9. The molecule has 3 heteroatoms. The highest BCUT2D eigenvalue weighted by atomic mass is 16.7. The number of ether oxygens (including phenoxy) is 3. The van der Waals surface area contributed by atoms with E-state index in [1.54, 1.807) is 0 Å². The van der Waals surface area contributed by atoms with Crippen LogP contribution in [-0.2, 0) is 14.2 Å². The van der Waals surface area contributed by atoms with E-state index in [4.69, 9.17) is 14.2 Å². The van der Waals surface area contributed by atoms with Crippen LogP contribution in [0.3, 0.4) is 0 Å². The first-order valence-electron chi connectivity index (χ1n) is 7.00. The number of rotatable bonds is 3. The van der Waals surface area contributed by atoms with Crippen molar-refractivity contribution >= 4 is 0 Å². The van der Waals surface area contributed by atoms with Gasteiger partial charge in [0.25, 0.3) is 0 Å². The second-order valence-electron chi connectivity index (χ2n) is 6.34. The fourth-order valence-corrected chi connectivity index (χ4v) is 2.83. The predicted octanol–water partition coefficient (Wildman–Crippen LogP) is 3.45. The van der Waals surface area contributed by atoms with Gasteiger partial charge >= 0.3 is 0 Å². The Hall–Kier alpha value is -0.900. The molecule has 1 aromatic carbocycles. The predicted molar refractivity (Wildman–Crippen MR) is 72.8 cm³/mol. The second-order valence-corrected chi connectivity index (χ2v) is 6.34. The van der Waals surface area contributed by atoms with Gasteiger partial charge in [-0.3, -0.25) is 0 Å². The van der Waals surface area contributed by atoms with Gasteiger partial charge in [0.2, 0.25) is 0 Å². The molecule has 1 aromatic rings. The molecule has 0 N–H and O–H groups in total. The van der Waals surface area contributed by atoms with Crippen molar-refractivity contribution in [1.82, 2.24) is 0 Å².